The highest BCUT2D eigenvalue weighted by atomic mass is 16.6. The van der Waals surface area contributed by atoms with Gasteiger partial charge in [0.05, 0.1) is 0 Å². The average molecular weight is 445 g/mol. The van der Waals surface area contributed by atoms with Crippen molar-refractivity contribution in [3.05, 3.63) is 83.6 Å². The second-order valence-electron chi connectivity index (χ2n) is 9.05. The summed E-state index contributed by atoms with van der Waals surface area (Å²) in [4.78, 5) is 28.9. The molecule has 4 rings (SSSR count). The van der Waals surface area contributed by atoms with E-state index in [-0.39, 0.29) is 24.9 Å². The molecule has 0 spiro atoms. The zero-order chi connectivity index (χ0) is 23.4. The minimum absolute atomic E-state index is 0.0153. The molecule has 33 heavy (non-hydrogen) atoms. The Morgan fingerprint density at radius 2 is 1.58 bits per heavy atom. The van der Waals surface area contributed by atoms with Crippen LogP contribution in [0.2, 0.25) is 0 Å². The number of esters is 1. The van der Waals surface area contributed by atoms with Gasteiger partial charge in [-0.05, 0) is 61.1 Å². The van der Waals surface area contributed by atoms with Crippen molar-refractivity contribution in [3.63, 3.8) is 0 Å². The quantitative estimate of drug-likeness (QED) is 0.492. The summed E-state index contributed by atoms with van der Waals surface area (Å²) in [5.41, 5.74) is 4.88. The van der Waals surface area contributed by atoms with Gasteiger partial charge in [-0.3, -0.25) is 10.1 Å². The van der Waals surface area contributed by atoms with Crippen molar-refractivity contribution < 1.29 is 19.1 Å². The topological polar surface area (TPSA) is 77.5 Å². The van der Waals surface area contributed by atoms with Crippen molar-refractivity contribution in [1.82, 2.24) is 4.98 Å². The molecular weight excluding hydrogens is 416 g/mol. The van der Waals surface area contributed by atoms with Gasteiger partial charge in [-0.2, -0.15) is 0 Å². The standard InChI is InChI=1S/C27H28N2O4/c1-27(2,3)33-24(30)15-14-18-9-8-16-28-25(18)29-26(31)32-17-23-21-12-6-4-10-19(21)20-11-5-7-13-22(20)23/h4-13,16,23H,14-15,17H2,1-3H3,(H,28,29,31). The predicted octanol–water partition coefficient (Wildman–Crippen LogP) is 5.72. The van der Waals surface area contributed by atoms with Gasteiger partial charge in [0.15, 0.2) is 0 Å². The van der Waals surface area contributed by atoms with Gasteiger partial charge in [0, 0.05) is 18.5 Å². The van der Waals surface area contributed by atoms with Crippen molar-refractivity contribution in [2.45, 2.75) is 45.1 Å². The molecule has 0 saturated heterocycles. The van der Waals surface area contributed by atoms with Gasteiger partial charge in [0.2, 0.25) is 0 Å². The van der Waals surface area contributed by atoms with E-state index in [0.717, 1.165) is 16.7 Å². The van der Waals surface area contributed by atoms with E-state index in [9.17, 15) is 9.59 Å². The smallest absolute Gasteiger partial charge is 0.412 e. The van der Waals surface area contributed by atoms with Gasteiger partial charge in [-0.25, -0.2) is 9.78 Å². The van der Waals surface area contributed by atoms with Gasteiger partial charge in [0.25, 0.3) is 0 Å². The third kappa shape index (κ3) is 5.40. The van der Waals surface area contributed by atoms with Crippen LogP contribution in [0.15, 0.2) is 66.9 Å². The second kappa shape index (κ2) is 9.45. The minimum atomic E-state index is -0.575. The molecule has 0 saturated carbocycles. The zero-order valence-corrected chi connectivity index (χ0v) is 19.1. The number of aryl methyl sites for hydroxylation is 1. The van der Waals surface area contributed by atoms with Crippen LogP contribution in [0.4, 0.5) is 10.6 Å². The van der Waals surface area contributed by atoms with Gasteiger partial charge < -0.3 is 9.47 Å². The highest BCUT2D eigenvalue weighted by Gasteiger charge is 2.29. The molecule has 170 valence electrons. The number of benzene rings is 2. The maximum atomic E-state index is 12.6. The largest absolute Gasteiger partial charge is 0.460 e. The lowest BCUT2D eigenvalue weighted by Gasteiger charge is -2.19. The van der Waals surface area contributed by atoms with Crippen LogP contribution in [0, 0.1) is 0 Å². The molecule has 0 aliphatic heterocycles. The molecule has 0 atom stereocenters. The molecule has 1 heterocycles. The van der Waals surface area contributed by atoms with Crippen LogP contribution in [-0.4, -0.2) is 29.3 Å². The number of amides is 1. The Bertz CT molecular complexity index is 1120. The summed E-state index contributed by atoms with van der Waals surface area (Å²) in [6, 6.07) is 20.0. The number of hydrogen-bond acceptors (Lipinski definition) is 5. The summed E-state index contributed by atoms with van der Waals surface area (Å²) < 4.78 is 11.0. The maximum Gasteiger partial charge on any atom is 0.412 e. The summed E-state index contributed by atoms with van der Waals surface area (Å²) in [5.74, 6) is 0.0789. The summed E-state index contributed by atoms with van der Waals surface area (Å²) in [5, 5.41) is 2.73. The van der Waals surface area contributed by atoms with Crippen LogP contribution < -0.4 is 5.32 Å². The van der Waals surface area contributed by atoms with Gasteiger partial charge in [0.1, 0.15) is 18.0 Å². The number of anilines is 1. The fourth-order valence-corrected chi connectivity index (χ4v) is 4.11. The summed E-state index contributed by atoms with van der Waals surface area (Å²) in [7, 11) is 0. The van der Waals surface area contributed by atoms with E-state index in [2.05, 4.69) is 34.6 Å². The molecule has 0 radical (unpaired) electrons. The highest BCUT2D eigenvalue weighted by molar-refractivity contribution is 5.85. The minimum Gasteiger partial charge on any atom is -0.460 e. The van der Waals surface area contributed by atoms with Crippen LogP contribution >= 0.6 is 0 Å². The SMILES string of the molecule is CC(C)(C)OC(=O)CCc1cccnc1NC(=O)OCC1c2ccccc2-c2ccccc21. The van der Waals surface area contributed by atoms with Gasteiger partial charge in [-0.1, -0.05) is 54.6 Å². The monoisotopic (exact) mass is 444 g/mol. The number of rotatable bonds is 6. The molecule has 0 bridgehead atoms. The Morgan fingerprint density at radius 3 is 2.21 bits per heavy atom. The first kappa shape index (κ1) is 22.5. The van der Waals surface area contributed by atoms with E-state index < -0.39 is 11.7 Å². The lowest BCUT2D eigenvalue weighted by atomic mass is 9.98. The number of pyridine rings is 1. The summed E-state index contributed by atoms with van der Waals surface area (Å²) >= 11 is 0. The van der Waals surface area contributed by atoms with Crippen LogP contribution in [0.5, 0.6) is 0 Å². The van der Waals surface area contributed by atoms with E-state index in [1.165, 1.54) is 11.1 Å². The Labute approximate surface area is 194 Å². The van der Waals surface area contributed by atoms with Crippen molar-refractivity contribution in [1.29, 1.82) is 0 Å². The van der Waals surface area contributed by atoms with E-state index >= 15 is 0 Å². The van der Waals surface area contributed by atoms with Crippen molar-refractivity contribution in [2.24, 2.45) is 0 Å². The Balaban J connectivity index is 1.39. The number of ether oxygens (including phenoxy) is 2. The lowest BCUT2D eigenvalue weighted by molar-refractivity contribution is -0.154. The van der Waals surface area contributed by atoms with Crippen LogP contribution in [0.25, 0.3) is 11.1 Å². The molecule has 0 fully saturated rings. The van der Waals surface area contributed by atoms with Crippen LogP contribution in [-0.2, 0) is 20.7 Å². The first-order chi connectivity index (χ1) is 15.8. The fraction of sp³-hybridized carbons (Fsp3) is 0.296. The lowest BCUT2D eigenvalue weighted by Crippen LogP contribution is -2.24. The summed E-state index contributed by atoms with van der Waals surface area (Å²) in [6.45, 7) is 5.72. The van der Waals surface area contributed by atoms with Gasteiger partial charge >= 0.3 is 12.1 Å². The molecule has 1 amide bonds. The first-order valence-corrected chi connectivity index (χ1v) is 11.1. The third-order valence-electron chi connectivity index (χ3n) is 5.47. The highest BCUT2D eigenvalue weighted by Crippen LogP contribution is 2.44. The molecule has 1 aliphatic rings. The molecule has 2 aromatic carbocycles. The number of fused-ring (bicyclic) bond motifs is 3. The van der Waals surface area contributed by atoms with Crippen LogP contribution in [0.1, 0.15) is 49.8 Å². The molecule has 0 unspecified atom stereocenters. The fourth-order valence-electron chi connectivity index (χ4n) is 4.11. The molecular formula is C27H28N2O4. The number of aromatic nitrogens is 1. The number of carbonyl (C=O) groups is 2. The van der Waals surface area contributed by atoms with E-state index in [1.54, 1.807) is 12.3 Å². The number of nitrogens with zero attached hydrogens (tertiary/aromatic N) is 1. The normalized spacial score (nSPS) is 12.6. The Hall–Kier alpha value is -3.67. The maximum absolute atomic E-state index is 12.6. The second-order valence-corrected chi connectivity index (χ2v) is 9.05. The third-order valence-corrected chi connectivity index (χ3v) is 5.47. The molecule has 3 aromatic rings. The molecule has 6 heteroatoms. The zero-order valence-electron chi connectivity index (χ0n) is 19.1. The van der Waals surface area contributed by atoms with Crippen molar-refractivity contribution >= 4 is 17.9 Å². The van der Waals surface area contributed by atoms with Crippen LogP contribution in [0.3, 0.4) is 0 Å². The number of nitrogens with one attached hydrogen (secondary N) is 1. The average Bonchev–Trinajstić information content (AvgIpc) is 3.10. The molecule has 1 N–H and O–H groups in total. The first-order valence-electron chi connectivity index (χ1n) is 11.1. The van der Waals surface area contributed by atoms with E-state index in [0.29, 0.717) is 12.2 Å². The van der Waals surface area contributed by atoms with E-state index in [1.807, 2.05) is 51.1 Å². The predicted molar refractivity (Wildman–Crippen MR) is 127 cm³/mol. The van der Waals surface area contributed by atoms with Gasteiger partial charge in [-0.15, -0.1) is 0 Å². The molecule has 1 aliphatic carbocycles. The number of carbonyl (C=O) groups excluding carboxylic acids is 2. The molecule has 6 nitrogen and oxygen atoms in total. The Kier molecular flexibility index (Phi) is 6.45. The van der Waals surface area contributed by atoms with Crippen molar-refractivity contribution in [2.75, 3.05) is 11.9 Å². The number of hydrogen-bond donors (Lipinski definition) is 1. The molecule has 1 aromatic heterocycles. The van der Waals surface area contributed by atoms with Crippen molar-refractivity contribution in [3.8, 4) is 11.1 Å². The summed E-state index contributed by atoms with van der Waals surface area (Å²) in [6.07, 6.45) is 1.62. The Morgan fingerprint density at radius 1 is 0.939 bits per heavy atom. The van der Waals surface area contributed by atoms with E-state index in [4.69, 9.17) is 9.47 Å².